The fourth-order valence-corrected chi connectivity index (χ4v) is 2.02. The van der Waals surface area contributed by atoms with E-state index in [0.29, 0.717) is 38.9 Å². The SMILES string of the molecule is CCCCOC(=O)CNC(=O)OCCCC#CC#CCCCOC(=O)NCC(=O)OCCCC. The van der Waals surface area contributed by atoms with Crippen molar-refractivity contribution >= 4 is 24.1 Å². The molecule has 2 N–H and O–H groups in total. The number of amides is 2. The number of hydrogen-bond acceptors (Lipinski definition) is 8. The molecule has 0 heterocycles. The van der Waals surface area contributed by atoms with Crippen molar-refractivity contribution in [3.05, 3.63) is 0 Å². The molecule has 0 aromatic rings. The zero-order valence-electron chi connectivity index (χ0n) is 20.2. The molecule has 0 aliphatic rings. The fourth-order valence-electron chi connectivity index (χ4n) is 2.02. The van der Waals surface area contributed by atoms with Crippen LogP contribution in [0.1, 0.15) is 65.2 Å². The van der Waals surface area contributed by atoms with Crippen molar-refractivity contribution in [3.8, 4) is 23.7 Å². The zero-order chi connectivity index (χ0) is 25.3. The molecule has 0 saturated heterocycles. The number of rotatable bonds is 16. The van der Waals surface area contributed by atoms with Gasteiger partial charge < -0.3 is 29.6 Å². The summed E-state index contributed by atoms with van der Waals surface area (Å²) < 4.78 is 19.7. The number of nitrogens with one attached hydrogen (secondary N) is 2. The normalized spacial score (nSPS) is 9.35. The van der Waals surface area contributed by atoms with E-state index in [2.05, 4.69) is 34.3 Å². The van der Waals surface area contributed by atoms with Crippen LogP contribution in [0.4, 0.5) is 9.59 Å². The Hall–Kier alpha value is -3.40. The molecule has 2 amide bonds. The summed E-state index contributed by atoms with van der Waals surface area (Å²) in [5, 5.41) is 4.65. The molecule has 34 heavy (non-hydrogen) atoms. The summed E-state index contributed by atoms with van der Waals surface area (Å²) in [7, 11) is 0. The van der Waals surface area contributed by atoms with E-state index in [-0.39, 0.29) is 26.3 Å². The Balaban J connectivity index is 3.63. The summed E-state index contributed by atoms with van der Waals surface area (Å²) in [6.07, 6.45) is 4.15. The van der Waals surface area contributed by atoms with E-state index in [9.17, 15) is 19.2 Å². The van der Waals surface area contributed by atoms with Crippen LogP contribution in [-0.2, 0) is 28.5 Å². The summed E-state index contributed by atoms with van der Waals surface area (Å²) in [6.45, 7) is 4.57. The van der Waals surface area contributed by atoms with Gasteiger partial charge in [0.1, 0.15) is 13.1 Å². The second-order valence-corrected chi connectivity index (χ2v) is 6.94. The molecule has 0 rings (SSSR count). The van der Waals surface area contributed by atoms with Gasteiger partial charge >= 0.3 is 24.1 Å². The van der Waals surface area contributed by atoms with Gasteiger partial charge in [0, 0.05) is 12.8 Å². The molecule has 10 nitrogen and oxygen atoms in total. The second kappa shape index (κ2) is 22.8. The first-order valence-corrected chi connectivity index (χ1v) is 11.6. The standard InChI is InChI=1S/C24H36N2O8/c1-3-5-15-31-21(27)19-25-23(29)33-17-13-11-9-7-8-10-12-14-18-34-24(30)26-20-22(28)32-16-6-4-2/h3-6,11-20H2,1-2H3,(H,25,29)(H,26,30). The van der Waals surface area contributed by atoms with Crippen LogP contribution in [0.3, 0.4) is 0 Å². The smallest absolute Gasteiger partial charge is 0.407 e. The molecule has 190 valence electrons. The van der Waals surface area contributed by atoms with E-state index in [4.69, 9.17) is 18.9 Å². The lowest BCUT2D eigenvalue weighted by Crippen LogP contribution is -2.31. The van der Waals surface area contributed by atoms with Gasteiger partial charge in [-0.1, -0.05) is 38.5 Å². The van der Waals surface area contributed by atoms with Crippen molar-refractivity contribution < 1.29 is 38.1 Å². The first-order valence-electron chi connectivity index (χ1n) is 11.6. The monoisotopic (exact) mass is 480 g/mol. The molecule has 0 aromatic carbocycles. The highest BCUT2D eigenvalue weighted by atomic mass is 16.6. The van der Waals surface area contributed by atoms with E-state index in [1.807, 2.05) is 13.8 Å². The molecule has 10 heteroatoms. The van der Waals surface area contributed by atoms with Gasteiger partial charge in [0.15, 0.2) is 0 Å². The molecular formula is C24H36N2O8. The number of alkyl carbamates (subject to hydrolysis) is 2. The highest BCUT2D eigenvalue weighted by molar-refractivity contribution is 5.78. The molecular weight excluding hydrogens is 444 g/mol. The predicted molar refractivity (Wildman–Crippen MR) is 124 cm³/mol. The van der Waals surface area contributed by atoms with Crippen molar-refractivity contribution in [1.29, 1.82) is 0 Å². The molecule has 0 spiro atoms. The lowest BCUT2D eigenvalue weighted by Gasteiger charge is -2.06. The van der Waals surface area contributed by atoms with Gasteiger partial charge in [0.2, 0.25) is 0 Å². The molecule has 0 unspecified atom stereocenters. The Bertz CT molecular complexity index is 669. The van der Waals surface area contributed by atoms with Crippen LogP contribution >= 0.6 is 0 Å². The summed E-state index contributed by atoms with van der Waals surface area (Å²) in [5.74, 6) is 10.1. The Morgan fingerprint density at radius 1 is 0.588 bits per heavy atom. The van der Waals surface area contributed by atoms with Crippen LogP contribution < -0.4 is 10.6 Å². The molecule has 0 aliphatic heterocycles. The minimum atomic E-state index is -0.678. The minimum absolute atomic E-state index is 0.175. The maximum Gasteiger partial charge on any atom is 0.407 e. The Labute approximate surface area is 201 Å². The van der Waals surface area contributed by atoms with Gasteiger partial charge in [-0.3, -0.25) is 9.59 Å². The highest BCUT2D eigenvalue weighted by Crippen LogP contribution is 1.92. The van der Waals surface area contributed by atoms with Crippen LogP contribution in [0.5, 0.6) is 0 Å². The highest BCUT2D eigenvalue weighted by Gasteiger charge is 2.07. The van der Waals surface area contributed by atoms with Crippen LogP contribution in [0.15, 0.2) is 0 Å². The molecule has 0 atom stereocenters. The predicted octanol–water partition coefficient (Wildman–Crippen LogP) is 2.69. The van der Waals surface area contributed by atoms with Gasteiger partial charge in [0.05, 0.1) is 26.4 Å². The molecule has 0 bridgehead atoms. The Morgan fingerprint density at radius 2 is 0.971 bits per heavy atom. The van der Waals surface area contributed by atoms with Crippen molar-refractivity contribution in [1.82, 2.24) is 10.6 Å². The van der Waals surface area contributed by atoms with E-state index < -0.39 is 24.1 Å². The summed E-state index contributed by atoms with van der Waals surface area (Å²) >= 11 is 0. The van der Waals surface area contributed by atoms with Crippen LogP contribution in [0.2, 0.25) is 0 Å². The third-order valence-electron chi connectivity index (χ3n) is 3.87. The Morgan fingerprint density at radius 3 is 1.35 bits per heavy atom. The molecule has 0 aromatic heterocycles. The maximum absolute atomic E-state index is 11.4. The first kappa shape index (κ1) is 30.6. The molecule has 0 saturated carbocycles. The number of hydrogen-bond donors (Lipinski definition) is 2. The number of carbonyl (C=O) groups is 4. The third-order valence-corrected chi connectivity index (χ3v) is 3.87. The summed E-state index contributed by atoms with van der Waals surface area (Å²) in [5.41, 5.74) is 0. The quantitative estimate of drug-likeness (QED) is 0.149. The average molecular weight is 481 g/mol. The largest absolute Gasteiger partial charge is 0.464 e. The molecule has 0 aliphatic carbocycles. The average Bonchev–Trinajstić information content (AvgIpc) is 2.82. The Kier molecular flexibility index (Phi) is 20.5. The minimum Gasteiger partial charge on any atom is -0.464 e. The van der Waals surface area contributed by atoms with Gasteiger partial charge in [-0.2, -0.15) is 0 Å². The molecule has 0 radical (unpaired) electrons. The van der Waals surface area contributed by atoms with Gasteiger partial charge in [0.25, 0.3) is 0 Å². The number of esters is 2. The van der Waals surface area contributed by atoms with Crippen molar-refractivity contribution in [3.63, 3.8) is 0 Å². The fraction of sp³-hybridized carbons (Fsp3) is 0.667. The summed E-state index contributed by atoms with van der Waals surface area (Å²) in [4.78, 5) is 45.5. The van der Waals surface area contributed by atoms with E-state index in [1.54, 1.807) is 0 Å². The van der Waals surface area contributed by atoms with E-state index in [1.165, 1.54) is 0 Å². The van der Waals surface area contributed by atoms with Crippen molar-refractivity contribution in [2.24, 2.45) is 0 Å². The van der Waals surface area contributed by atoms with Crippen molar-refractivity contribution in [2.75, 3.05) is 39.5 Å². The lowest BCUT2D eigenvalue weighted by atomic mass is 10.3. The van der Waals surface area contributed by atoms with Crippen LogP contribution in [0, 0.1) is 23.7 Å². The van der Waals surface area contributed by atoms with Gasteiger partial charge in [-0.25, -0.2) is 9.59 Å². The zero-order valence-corrected chi connectivity index (χ0v) is 20.2. The van der Waals surface area contributed by atoms with E-state index >= 15 is 0 Å². The van der Waals surface area contributed by atoms with Crippen molar-refractivity contribution in [2.45, 2.75) is 65.2 Å². The number of unbranched alkanes of at least 4 members (excludes halogenated alkanes) is 4. The number of ether oxygens (including phenoxy) is 4. The lowest BCUT2D eigenvalue weighted by molar-refractivity contribution is -0.143. The van der Waals surface area contributed by atoms with E-state index in [0.717, 1.165) is 25.7 Å². The third kappa shape index (κ3) is 21.8. The summed E-state index contributed by atoms with van der Waals surface area (Å²) in [6, 6.07) is 0. The second-order valence-electron chi connectivity index (χ2n) is 6.94. The van der Waals surface area contributed by atoms with Gasteiger partial charge in [-0.15, -0.1) is 0 Å². The molecule has 0 fully saturated rings. The van der Waals surface area contributed by atoms with Crippen LogP contribution in [0.25, 0.3) is 0 Å². The maximum atomic E-state index is 11.4. The topological polar surface area (TPSA) is 129 Å². The van der Waals surface area contributed by atoms with Crippen LogP contribution in [-0.4, -0.2) is 63.6 Å². The van der Waals surface area contributed by atoms with Gasteiger partial charge in [-0.05, 0) is 37.5 Å². The number of carbonyl (C=O) groups excluding carboxylic acids is 4. The first-order chi connectivity index (χ1) is 16.5.